The molecule has 34 heavy (non-hydrogen) atoms. The number of halogens is 1. The van der Waals surface area contributed by atoms with Crippen LogP contribution in [0.2, 0.25) is 0 Å². The van der Waals surface area contributed by atoms with Crippen LogP contribution >= 0.6 is 11.8 Å². The quantitative estimate of drug-likeness (QED) is 0.342. The van der Waals surface area contributed by atoms with Gasteiger partial charge in [0.25, 0.3) is 0 Å². The number of aryl methyl sites for hydroxylation is 1. The predicted octanol–water partition coefficient (Wildman–Crippen LogP) is 4.82. The predicted molar refractivity (Wildman–Crippen MR) is 129 cm³/mol. The summed E-state index contributed by atoms with van der Waals surface area (Å²) >= 11 is 1.25. The number of thioether (sulfide) groups is 1. The molecule has 0 unspecified atom stereocenters. The molecule has 0 saturated carbocycles. The average Bonchev–Trinajstić information content (AvgIpc) is 3.28. The first-order valence-electron chi connectivity index (χ1n) is 10.6. The van der Waals surface area contributed by atoms with Crippen LogP contribution in [0, 0.1) is 24.1 Å². The number of anilines is 1. The molecule has 0 aliphatic carbocycles. The second kappa shape index (κ2) is 10.7. The van der Waals surface area contributed by atoms with Gasteiger partial charge in [0, 0.05) is 30.2 Å². The lowest BCUT2D eigenvalue weighted by atomic mass is 10.2. The molecule has 0 spiro atoms. The summed E-state index contributed by atoms with van der Waals surface area (Å²) in [6.45, 7) is 2.22. The highest BCUT2D eigenvalue weighted by Crippen LogP contribution is 2.29. The normalized spacial score (nSPS) is 10.6. The SMILES string of the molecule is Cc1ccccc1-n1c(SCC(=O)N(CCC#N)c2ccc(F)cc2)nnc1-c1cccnc1. The highest BCUT2D eigenvalue weighted by molar-refractivity contribution is 7.99. The Labute approximate surface area is 200 Å². The number of nitrogens with zero attached hydrogens (tertiary/aromatic N) is 6. The second-order valence-electron chi connectivity index (χ2n) is 7.39. The Morgan fingerprint density at radius 3 is 2.62 bits per heavy atom. The smallest absolute Gasteiger partial charge is 0.237 e. The number of pyridine rings is 1. The first kappa shape index (κ1) is 23.1. The average molecular weight is 473 g/mol. The lowest BCUT2D eigenvalue weighted by molar-refractivity contribution is -0.116. The zero-order valence-corrected chi connectivity index (χ0v) is 19.2. The fourth-order valence-electron chi connectivity index (χ4n) is 3.46. The van der Waals surface area contributed by atoms with Gasteiger partial charge in [-0.25, -0.2) is 4.39 Å². The molecule has 0 fully saturated rings. The monoisotopic (exact) mass is 472 g/mol. The van der Waals surface area contributed by atoms with Gasteiger partial charge in [0.05, 0.1) is 23.9 Å². The van der Waals surface area contributed by atoms with Gasteiger partial charge in [0.2, 0.25) is 5.91 Å². The first-order chi connectivity index (χ1) is 16.6. The molecule has 7 nitrogen and oxygen atoms in total. The number of rotatable bonds is 8. The van der Waals surface area contributed by atoms with Crippen LogP contribution in [0.4, 0.5) is 10.1 Å². The van der Waals surface area contributed by atoms with Crippen molar-refractivity contribution >= 4 is 23.4 Å². The molecule has 4 rings (SSSR count). The Morgan fingerprint density at radius 1 is 1.12 bits per heavy atom. The molecule has 0 aliphatic heterocycles. The van der Waals surface area contributed by atoms with E-state index >= 15 is 0 Å². The van der Waals surface area contributed by atoms with Gasteiger partial charge in [-0.3, -0.25) is 14.3 Å². The van der Waals surface area contributed by atoms with E-state index in [0.29, 0.717) is 16.7 Å². The van der Waals surface area contributed by atoms with Crippen LogP contribution in [0.25, 0.3) is 17.1 Å². The van der Waals surface area contributed by atoms with Crippen molar-refractivity contribution in [3.05, 3.63) is 84.4 Å². The topological polar surface area (TPSA) is 87.7 Å². The molecule has 2 aromatic carbocycles. The van der Waals surface area contributed by atoms with Gasteiger partial charge >= 0.3 is 0 Å². The van der Waals surface area contributed by atoms with Crippen molar-refractivity contribution < 1.29 is 9.18 Å². The number of amides is 1. The molecule has 2 heterocycles. The van der Waals surface area contributed by atoms with E-state index in [1.165, 1.54) is 40.9 Å². The zero-order valence-electron chi connectivity index (χ0n) is 18.4. The summed E-state index contributed by atoms with van der Waals surface area (Å²) in [6.07, 6.45) is 3.58. The van der Waals surface area contributed by atoms with Crippen LogP contribution in [-0.4, -0.2) is 38.0 Å². The highest BCUT2D eigenvalue weighted by Gasteiger charge is 2.21. The third-order valence-corrected chi connectivity index (χ3v) is 6.03. The number of aromatic nitrogens is 4. The molecule has 170 valence electrons. The Morgan fingerprint density at radius 2 is 1.91 bits per heavy atom. The van der Waals surface area contributed by atoms with Gasteiger partial charge in [0.1, 0.15) is 5.82 Å². The third kappa shape index (κ3) is 5.13. The highest BCUT2D eigenvalue weighted by atomic mass is 32.2. The summed E-state index contributed by atoms with van der Waals surface area (Å²) in [5.41, 5.74) is 3.28. The summed E-state index contributed by atoms with van der Waals surface area (Å²) in [6, 6.07) is 19.3. The van der Waals surface area contributed by atoms with E-state index in [4.69, 9.17) is 5.26 Å². The maximum atomic E-state index is 13.4. The fraction of sp³-hybridized carbons (Fsp3) is 0.160. The molecule has 0 bridgehead atoms. The molecular formula is C25H21FN6OS. The Hall–Kier alpha value is -4.03. The minimum absolute atomic E-state index is 0.0693. The van der Waals surface area contributed by atoms with E-state index < -0.39 is 0 Å². The summed E-state index contributed by atoms with van der Waals surface area (Å²) in [5, 5.41) is 18.3. The molecule has 0 N–H and O–H groups in total. The van der Waals surface area contributed by atoms with Crippen molar-refractivity contribution in [2.24, 2.45) is 0 Å². The van der Waals surface area contributed by atoms with E-state index in [9.17, 15) is 9.18 Å². The van der Waals surface area contributed by atoms with Gasteiger partial charge in [0.15, 0.2) is 11.0 Å². The summed E-state index contributed by atoms with van der Waals surface area (Å²) in [7, 11) is 0. The molecular weight excluding hydrogens is 451 g/mol. The summed E-state index contributed by atoms with van der Waals surface area (Å²) < 4.78 is 15.3. The van der Waals surface area contributed by atoms with E-state index in [1.54, 1.807) is 12.4 Å². The Balaban J connectivity index is 1.64. The van der Waals surface area contributed by atoms with Crippen LogP contribution in [0.3, 0.4) is 0 Å². The van der Waals surface area contributed by atoms with Crippen LogP contribution in [-0.2, 0) is 4.79 Å². The van der Waals surface area contributed by atoms with Crippen molar-refractivity contribution in [3.8, 4) is 23.1 Å². The number of nitriles is 1. The maximum Gasteiger partial charge on any atom is 0.237 e. The number of carbonyl (C=O) groups is 1. The van der Waals surface area contributed by atoms with Gasteiger partial charge in [-0.15, -0.1) is 10.2 Å². The molecule has 2 aromatic heterocycles. The standard InChI is InChI=1S/C25H21FN6OS/c1-18-6-2-3-8-22(18)32-24(19-7-4-14-28-16-19)29-30-25(32)34-17-23(33)31(15-5-13-27)21-11-9-20(26)10-12-21/h2-4,6-12,14,16H,5,15,17H2,1H3. The van der Waals surface area contributed by atoms with Crippen molar-refractivity contribution in [2.75, 3.05) is 17.2 Å². The fourth-order valence-corrected chi connectivity index (χ4v) is 4.28. The number of benzene rings is 2. The number of carbonyl (C=O) groups excluding carboxylic acids is 1. The van der Waals surface area contributed by atoms with Crippen LogP contribution < -0.4 is 4.90 Å². The minimum Gasteiger partial charge on any atom is -0.311 e. The van der Waals surface area contributed by atoms with Crippen LogP contribution in [0.1, 0.15) is 12.0 Å². The number of para-hydroxylation sites is 1. The van der Waals surface area contributed by atoms with Crippen LogP contribution in [0.5, 0.6) is 0 Å². The maximum absolute atomic E-state index is 13.4. The lowest BCUT2D eigenvalue weighted by Crippen LogP contribution is -2.33. The largest absolute Gasteiger partial charge is 0.311 e. The number of hydrogen-bond acceptors (Lipinski definition) is 6. The van der Waals surface area contributed by atoms with Crippen LogP contribution in [0.15, 0.2) is 78.2 Å². The molecule has 0 radical (unpaired) electrons. The summed E-state index contributed by atoms with van der Waals surface area (Å²) in [4.78, 5) is 18.8. The summed E-state index contributed by atoms with van der Waals surface area (Å²) in [5.74, 6) is 0.0891. The van der Waals surface area contributed by atoms with E-state index in [1.807, 2.05) is 47.9 Å². The van der Waals surface area contributed by atoms with Gasteiger partial charge in [-0.1, -0.05) is 30.0 Å². The molecule has 1 amide bonds. The molecule has 9 heteroatoms. The van der Waals surface area contributed by atoms with Crippen molar-refractivity contribution in [3.63, 3.8) is 0 Å². The molecule has 0 atom stereocenters. The molecule has 4 aromatic rings. The third-order valence-electron chi connectivity index (χ3n) is 5.12. The van der Waals surface area contributed by atoms with Crippen molar-refractivity contribution in [1.29, 1.82) is 5.26 Å². The first-order valence-corrected chi connectivity index (χ1v) is 11.5. The zero-order chi connectivity index (χ0) is 23.9. The van der Waals surface area contributed by atoms with Crippen molar-refractivity contribution in [1.82, 2.24) is 19.7 Å². The Bertz CT molecular complexity index is 1320. The van der Waals surface area contributed by atoms with Gasteiger partial charge in [-0.05, 0) is 55.0 Å². The molecule has 0 saturated heterocycles. The molecule has 0 aliphatic rings. The van der Waals surface area contributed by atoms with E-state index in [0.717, 1.165) is 16.8 Å². The van der Waals surface area contributed by atoms with E-state index in [2.05, 4.69) is 21.3 Å². The Kier molecular flexibility index (Phi) is 7.30. The lowest BCUT2D eigenvalue weighted by Gasteiger charge is -2.21. The van der Waals surface area contributed by atoms with Gasteiger partial charge < -0.3 is 4.90 Å². The minimum atomic E-state index is -0.389. The second-order valence-corrected chi connectivity index (χ2v) is 8.33. The number of hydrogen-bond donors (Lipinski definition) is 0. The van der Waals surface area contributed by atoms with Crippen molar-refractivity contribution in [2.45, 2.75) is 18.5 Å². The van der Waals surface area contributed by atoms with Gasteiger partial charge in [-0.2, -0.15) is 5.26 Å². The van der Waals surface area contributed by atoms with E-state index in [-0.39, 0.29) is 30.4 Å².